The number of hydrogen-bond acceptors (Lipinski definition) is 5. The van der Waals surface area contributed by atoms with Crippen LogP contribution in [0.3, 0.4) is 0 Å². The third-order valence-electron chi connectivity index (χ3n) is 18.4. The average Bonchev–Trinajstić information content (AvgIpc) is 3.52. The number of allylic oxidation sites excluding steroid dienone is 8. The van der Waals surface area contributed by atoms with E-state index in [1.54, 1.807) is 0 Å². The highest BCUT2D eigenvalue weighted by Gasteiger charge is 2.20. The maximum atomic E-state index is 12.6. The molecule has 0 bridgehead atoms. The van der Waals surface area contributed by atoms with Crippen LogP contribution in [-0.2, 0) is 14.3 Å². The highest BCUT2D eigenvalue weighted by Crippen LogP contribution is 2.19. The van der Waals surface area contributed by atoms with E-state index in [4.69, 9.17) is 4.74 Å². The molecule has 1 amide bonds. The van der Waals surface area contributed by atoms with Gasteiger partial charge in [0.1, 0.15) is 0 Å². The number of aliphatic hydroxyl groups excluding tert-OH is 2. The quantitative estimate of drug-likeness (QED) is 0.0320. The summed E-state index contributed by atoms with van der Waals surface area (Å²) in [6.07, 6.45) is 101. The van der Waals surface area contributed by atoms with Crippen molar-refractivity contribution in [2.45, 2.75) is 443 Å². The largest absolute Gasteiger partial charge is 0.466 e. The lowest BCUT2D eigenvalue weighted by Gasteiger charge is -2.22. The van der Waals surface area contributed by atoms with E-state index in [1.807, 2.05) is 0 Å². The summed E-state index contributed by atoms with van der Waals surface area (Å²) in [5.74, 6) is -0.0284. The zero-order valence-electron chi connectivity index (χ0n) is 58.8. The van der Waals surface area contributed by atoms with Crippen molar-refractivity contribution >= 4 is 11.9 Å². The zero-order valence-corrected chi connectivity index (χ0v) is 58.8. The first-order valence-electron chi connectivity index (χ1n) is 39.4. The van der Waals surface area contributed by atoms with Crippen LogP contribution in [0.15, 0.2) is 48.6 Å². The van der Waals surface area contributed by atoms with Gasteiger partial charge in [-0.25, -0.2) is 0 Å². The number of unbranched alkanes of at least 4 members (excludes halogenated alkanes) is 55. The smallest absolute Gasteiger partial charge is 0.305 e. The fourth-order valence-corrected chi connectivity index (χ4v) is 12.3. The minimum atomic E-state index is -0.665. The molecule has 0 aliphatic rings. The van der Waals surface area contributed by atoms with Crippen LogP contribution < -0.4 is 5.32 Å². The van der Waals surface area contributed by atoms with Crippen LogP contribution >= 0.6 is 0 Å². The molecular weight excluding hydrogens is 1070 g/mol. The number of aliphatic hydroxyl groups is 2. The molecule has 87 heavy (non-hydrogen) atoms. The summed E-state index contributed by atoms with van der Waals surface area (Å²) in [5, 5.41) is 23.5. The van der Waals surface area contributed by atoms with E-state index in [2.05, 4.69) is 67.8 Å². The first kappa shape index (κ1) is 84.8. The topological polar surface area (TPSA) is 95.9 Å². The number of esters is 1. The molecule has 0 aromatic heterocycles. The molecule has 0 aliphatic carbocycles. The van der Waals surface area contributed by atoms with Gasteiger partial charge in [-0.3, -0.25) is 9.59 Å². The van der Waals surface area contributed by atoms with Gasteiger partial charge < -0.3 is 20.3 Å². The van der Waals surface area contributed by atoms with Gasteiger partial charge >= 0.3 is 5.97 Å². The summed E-state index contributed by atoms with van der Waals surface area (Å²) in [7, 11) is 0. The monoisotopic (exact) mass is 1220 g/mol. The third kappa shape index (κ3) is 72.8. The molecule has 0 aliphatic heterocycles. The molecule has 0 aromatic rings. The zero-order chi connectivity index (χ0) is 62.8. The number of carbonyl (C=O) groups excluding carboxylic acids is 2. The molecule has 0 radical (unpaired) electrons. The Kier molecular flexibility index (Phi) is 74.4. The second-order valence-corrected chi connectivity index (χ2v) is 27.0. The lowest BCUT2D eigenvalue weighted by Crippen LogP contribution is -2.45. The van der Waals surface area contributed by atoms with Gasteiger partial charge in [0.25, 0.3) is 0 Å². The highest BCUT2D eigenvalue weighted by molar-refractivity contribution is 5.76. The van der Waals surface area contributed by atoms with Gasteiger partial charge in [0.05, 0.1) is 25.4 Å². The van der Waals surface area contributed by atoms with Gasteiger partial charge in [-0.05, 0) is 83.5 Å². The van der Waals surface area contributed by atoms with Crippen molar-refractivity contribution in [3.8, 4) is 0 Å². The second-order valence-electron chi connectivity index (χ2n) is 27.0. The Morgan fingerprint density at radius 1 is 0.322 bits per heavy atom. The summed E-state index contributed by atoms with van der Waals surface area (Å²) >= 11 is 0. The number of carbonyl (C=O) groups is 2. The van der Waals surface area contributed by atoms with Crippen LogP contribution in [0.2, 0.25) is 0 Å². The molecule has 0 saturated carbocycles. The Morgan fingerprint density at radius 2 is 0.586 bits per heavy atom. The second kappa shape index (κ2) is 76.3. The molecule has 6 nitrogen and oxygen atoms in total. The van der Waals surface area contributed by atoms with E-state index in [1.165, 1.54) is 340 Å². The molecule has 0 rings (SSSR count). The van der Waals surface area contributed by atoms with Gasteiger partial charge in [0.15, 0.2) is 0 Å². The highest BCUT2D eigenvalue weighted by atomic mass is 16.5. The number of nitrogens with one attached hydrogen (secondary N) is 1. The van der Waals surface area contributed by atoms with Crippen molar-refractivity contribution in [1.82, 2.24) is 5.32 Å². The van der Waals surface area contributed by atoms with Gasteiger partial charge in [-0.15, -0.1) is 0 Å². The molecule has 0 saturated heterocycles. The number of ether oxygens (including phenoxy) is 1. The first-order valence-corrected chi connectivity index (χ1v) is 39.4. The van der Waals surface area contributed by atoms with Crippen LogP contribution in [0.1, 0.15) is 431 Å². The van der Waals surface area contributed by atoms with E-state index in [0.717, 1.165) is 57.8 Å². The maximum Gasteiger partial charge on any atom is 0.305 e. The molecular formula is C81H153NO5. The minimum absolute atomic E-state index is 0.000101. The SMILES string of the molecule is CCCC/C=C\C/C=C\CCCCCCCC(=O)OCCCCCCCCCCC/C=C\C/C=C\CCCCCCCCCCCCCCCCCCCC(=O)NC(CO)C(O)CCCCCCCCCCCCCCCCCCCCCCCCC. The van der Waals surface area contributed by atoms with Crippen LogP contribution in [-0.4, -0.2) is 47.4 Å². The maximum absolute atomic E-state index is 12.6. The van der Waals surface area contributed by atoms with Crippen molar-refractivity contribution in [2.24, 2.45) is 0 Å². The molecule has 3 N–H and O–H groups in total. The van der Waals surface area contributed by atoms with E-state index in [9.17, 15) is 19.8 Å². The van der Waals surface area contributed by atoms with Gasteiger partial charge in [0, 0.05) is 12.8 Å². The number of rotatable bonds is 74. The number of hydrogen-bond donors (Lipinski definition) is 3. The molecule has 0 heterocycles. The Bertz CT molecular complexity index is 1450. The summed E-state index contributed by atoms with van der Waals surface area (Å²) in [6.45, 7) is 4.94. The van der Waals surface area contributed by atoms with Crippen molar-refractivity contribution in [3.63, 3.8) is 0 Å². The summed E-state index contributed by atoms with van der Waals surface area (Å²) < 4.78 is 5.48. The van der Waals surface area contributed by atoms with Gasteiger partial charge in [-0.1, -0.05) is 383 Å². The van der Waals surface area contributed by atoms with Gasteiger partial charge in [-0.2, -0.15) is 0 Å². The van der Waals surface area contributed by atoms with Crippen molar-refractivity contribution < 1.29 is 24.5 Å². The third-order valence-corrected chi connectivity index (χ3v) is 18.4. The normalized spacial score (nSPS) is 12.7. The lowest BCUT2D eigenvalue weighted by atomic mass is 10.0. The summed E-state index contributed by atoms with van der Waals surface area (Å²) in [6, 6.07) is -0.542. The van der Waals surface area contributed by atoms with Crippen LogP contribution in [0.4, 0.5) is 0 Å². The van der Waals surface area contributed by atoms with Crippen molar-refractivity contribution in [2.75, 3.05) is 13.2 Å². The molecule has 512 valence electrons. The van der Waals surface area contributed by atoms with Crippen LogP contribution in [0.25, 0.3) is 0 Å². The molecule has 0 fully saturated rings. The molecule has 0 spiro atoms. The number of amides is 1. The van der Waals surface area contributed by atoms with E-state index in [-0.39, 0.29) is 18.5 Å². The fraction of sp³-hybridized carbons (Fsp3) is 0.877. The lowest BCUT2D eigenvalue weighted by molar-refractivity contribution is -0.143. The van der Waals surface area contributed by atoms with Crippen LogP contribution in [0, 0.1) is 0 Å². The standard InChI is InChI=1S/C81H153NO5/c1-3-5-7-9-11-13-15-17-19-20-21-22-34-37-40-43-46-49-53-57-61-65-69-73-79(84)78(77-83)82-80(85)74-70-66-62-58-54-50-47-44-41-38-35-32-30-28-26-24-23-25-27-29-31-33-36-39-42-45-48-52-56-60-64-68-72-76-87-81(86)75-71-67-63-59-55-51-18-16-14-12-10-8-6-4-2/h10,12,16,18,27,29,33,36,78-79,83-84H,3-9,11,13-15,17,19-26,28,30-32,34-35,37-77H2,1-2H3,(H,82,85)/b12-10-,18-16-,29-27-,36-33-. The average molecular weight is 1220 g/mol. The Balaban J connectivity index is 3.39. The molecule has 0 aromatic carbocycles. The first-order chi connectivity index (χ1) is 43.0. The van der Waals surface area contributed by atoms with Crippen LogP contribution in [0.5, 0.6) is 0 Å². The molecule has 2 unspecified atom stereocenters. The summed E-state index contributed by atoms with van der Waals surface area (Å²) in [4.78, 5) is 24.6. The van der Waals surface area contributed by atoms with Crippen molar-refractivity contribution in [1.29, 1.82) is 0 Å². The Labute approximate surface area is 544 Å². The minimum Gasteiger partial charge on any atom is -0.466 e. The Hall–Kier alpha value is -2.18. The van der Waals surface area contributed by atoms with Gasteiger partial charge in [0.2, 0.25) is 5.91 Å². The van der Waals surface area contributed by atoms with E-state index < -0.39 is 12.1 Å². The Morgan fingerprint density at radius 3 is 0.908 bits per heavy atom. The fourth-order valence-electron chi connectivity index (χ4n) is 12.3. The summed E-state index contributed by atoms with van der Waals surface area (Å²) in [5.41, 5.74) is 0. The molecule has 6 heteroatoms. The van der Waals surface area contributed by atoms with E-state index >= 15 is 0 Å². The predicted molar refractivity (Wildman–Crippen MR) is 384 cm³/mol. The molecule has 2 atom stereocenters. The van der Waals surface area contributed by atoms with Crippen molar-refractivity contribution in [3.05, 3.63) is 48.6 Å². The predicted octanol–water partition coefficient (Wildman–Crippen LogP) is 26.0. The van der Waals surface area contributed by atoms with E-state index in [0.29, 0.717) is 25.9 Å².